The summed E-state index contributed by atoms with van der Waals surface area (Å²) in [5.74, 6) is -0.979. The molecule has 1 aromatic heterocycles. The number of nitrogens with zero attached hydrogens (tertiary/aromatic N) is 2. The van der Waals surface area contributed by atoms with Gasteiger partial charge in [0.25, 0.3) is 0 Å². The second-order valence-electron chi connectivity index (χ2n) is 5.46. The number of hydrogen-bond acceptors (Lipinski definition) is 4. The van der Waals surface area contributed by atoms with Gasteiger partial charge in [-0.05, 0) is 45.0 Å². The summed E-state index contributed by atoms with van der Waals surface area (Å²) in [5, 5.41) is 12.3. The van der Waals surface area contributed by atoms with Gasteiger partial charge >= 0.3 is 5.97 Å². The van der Waals surface area contributed by atoms with E-state index >= 15 is 0 Å². The van der Waals surface area contributed by atoms with Gasteiger partial charge in [0.15, 0.2) is 0 Å². The highest BCUT2D eigenvalue weighted by molar-refractivity contribution is 5.85. The van der Waals surface area contributed by atoms with Gasteiger partial charge in [0, 0.05) is 19.1 Å². The molecule has 0 bridgehead atoms. The molecule has 20 heavy (non-hydrogen) atoms. The molecule has 1 atom stereocenters. The standard InChI is InChI=1S/C15H23N3O2/c1-12(11-18-8-3-2-4-9-18)16-10-13-6-5-7-14(17-13)15(19)20/h5-7,12,16H,2-4,8-11H2,1H3,(H,19,20). The smallest absolute Gasteiger partial charge is 0.354 e. The largest absolute Gasteiger partial charge is 0.477 e. The van der Waals surface area contributed by atoms with Gasteiger partial charge in [-0.3, -0.25) is 0 Å². The Kier molecular flexibility index (Phi) is 5.49. The van der Waals surface area contributed by atoms with Gasteiger partial charge in [-0.15, -0.1) is 0 Å². The molecule has 110 valence electrons. The molecule has 1 fully saturated rings. The molecule has 0 saturated carbocycles. The highest BCUT2D eigenvalue weighted by Gasteiger charge is 2.13. The first-order chi connectivity index (χ1) is 9.65. The molecule has 0 aliphatic carbocycles. The van der Waals surface area contributed by atoms with Crippen LogP contribution in [0.15, 0.2) is 18.2 Å². The predicted octanol–water partition coefficient (Wildman–Crippen LogP) is 1.74. The lowest BCUT2D eigenvalue weighted by Crippen LogP contribution is -2.41. The van der Waals surface area contributed by atoms with E-state index in [2.05, 4.69) is 22.1 Å². The fourth-order valence-electron chi connectivity index (χ4n) is 2.57. The molecule has 2 N–H and O–H groups in total. The monoisotopic (exact) mass is 277 g/mol. The third-order valence-electron chi connectivity index (χ3n) is 3.64. The third-order valence-corrected chi connectivity index (χ3v) is 3.64. The number of nitrogens with one attached hydrogen (secondary N) is 1. The van der Waals surface area contributed by atoms with E-state index < -0.39 is 5.97 Å². The normalized spacial score (nSPS) is 17.9. The molecular formula is C15H23N3O2. The summed E-state index contributed by atoms with van der Waals surface area (Å²) in [6, 6.07) is 5.49. The third kappa shape index (κ3) is 4.58. The highest BCUT2D eigenvalue weighted by Crippen LogP contribution is 2.09. The zero-order valence-electron chi connectivity index (χ0n) is 12.0. The first-order valence-electron chi connectivity index (χ1n) is 7.30. The Morgan fingerprint density at radius 2 is 2.15 bits per heavy atom. The van der Waals surface area contributed by atoms with Gasteiger partial charge < -0.3 is 15.3 Å². The van der Waals surface area contributed by atoms with E-state index in [9.17, 15) is 4.79 Å². The van der Waals surface area contributed by atoms with Crippen LogP contribution < -0.4 is 5.32 Å². The number of carboxylic acid groups (broad SMARTS) is 1. The predicted molar refractivity (Wildman–Crippen MR) is 77.8 cm³/mol. The van der Waals surface area contributed by atoms with Crippen LogP contribution >= 0.6 is 0 Å². The van der Waals surface area contributed by atoms with Crippen LogP contribution in [0.3, 0.4) is 0 Å². The first-order valence-corrected chi connectivity index (χ1v) is 7.30. The van der Waals surface area contributed by atoms with Crippen molar-refractivity contribution in [2.75, 3.05) is 19.6 Å². The van der Waals surface area contributed by atoms with Crippen molar-refractivity contribution in [3.8, 4) is 0 Å². The average molecular weight is 277 g/mol. The lowest BCUT2D eigenvalue weighted by atomic mass is 10.1. The Balaban J connectivity index is 1.78. The van der Waals surface area contributed by atoms with Gasteiger partial charge in [-0.2, -0.15) is 0 Å². The fraction of sp³-hybridized carbons (Fsp3) is 0.600. The summed E-state index contributed by atoms with van der Waals surface area (Å²) in [6.07, 6.45) is 3.95. The number of rotatable bonds is 6. The molecule has 2 rings (SSSR count). The van der Waals surface area contributed by atoms with E-state index in [-0.39, 0.29) is 5.69 Å². The van der Waals surface area contributed by atoms with Gasteiger partial charge in [0.1, 0.15) is 5.69 Å². The second kappa shape index (κ2) is 7.36. The first kappa shape index (κ1) is 14.9. The zero-order valence-corrected chi connectivity index (χ0v) is 12.0. The molecule has 0 aromatic carbocycles. The molecular weight excluding hydrogens is 254 g/mol. The number of likely N-dealkylation sites (tertiary alicyclic amines) is 1. The van der Waals surface area contributed by atoms with Gasteiger partial charge in [-0.1, -0.05) is 12.5 Å². The minimum absolute atomic E-state index is 0.105. The van der Waals surface area contributed by atoms with E-state index in [1.54, 1.807) is 6.07 Å². The van der Waals surface area contributed by atoms with Crippen molar-refractivity contribution in [2.24, 2.45) is 0 Å². The van der Waals surface area contributed by atoms with Crippen molar-refractivity contribution in [2.45, 2.75) is 38.8 Å². The number of hydrogen-bond donors (Lipinski definition) is 2. The Bertz CT molecular complexity index is 444. The molecule has 5 heteroatoms. The molecule has 1 aromatic rings. The topological polar surface area (TPSA) is 65.5 Å². The maximum absolute atomic E-state index is 10.9. The minimum atomic E-state index is -0.979. The highest BCUT2D eigenvalue weighted by atomic mass is 16.4. The number of aromatic nitrogens is 1. The molecule has 1 saturated heterocycles. The molecule has 1 aliphatic heterocycles. The molecule has 2 heterocycles. The molecule has 0 amide bonds. The minimum Gasteiger partial charge on any atom is -0.477 e. The van der Waals surface area contributed by atoms with Crippen LogP contribution in [0, 0.1) is 0 Å². The van der Waals surface area contributed by atoms with Crippen LogP contribution in [0.25, 0.3) is 0 Å². The van der Waals surface area contributed by atoms with Gasteiger partial charge in [0.05, 0.1) is 5.69 Å². The summed E-state index contributed by atoms with van der Waals surface area (Å²) in [7, 11) is 0. The quantitative estimate of drug-likeness (QED) is 0.829. The van der Waals surface area contributed by atoms with Crippen molar-refractivity contribution in [3.05, 3.63) is 29.6 Å². The lowest BCUT2D eigenvalue weighted by molar-refractivity contribution is 0.0690. The van der Waals surface area contributed by atoms with E-state index in [1.165, 1.54) is 38.4 Å². The van der Waals surface area contributed by atoms with E-state index in [0.29, 0.717) is 12.6 Å². The number of piperidine rings is 1. The van der Waals surface area contributed by atoms with E-state index in [1.807, 2.05) is 6.07 Å². The summed E-state index contributed by atoms with van der Waals surface area (Å²) < 4.78 is 0. The summed E-state index contributed by atoms with van der Waals surface area (Å²) in [6.45, 7) is 6.20. The van der Waals surface area contributed by atoms with E-state index in [0.717, 1.165) is 12.2 Å². The molecule has 1 unspecified atom stereocenters. The zero-order chi connectivity index (χ0) is 14.4. The maximum Gasteiger partial charge on any atom is 0.354 e. The summed E-state index contributed by atoms with van der Waals surface area (Å²) in [4.78, 5) is 17.5. The Morgan fingerprint density at radius 3 is 2.85 bits per heavy atom. The van der Waals surface area contributed by atoms with Crippen LogP contribution in [-0.2, 0) is 6.54 Å². The number of aromatic carboxylic acids is 1. The van der Waals surface area contributed by atoms with Crippen LogP contribution in [0.1, 0.15) is 42.4 Å². The molecule has 0 spiro atoms. The Hall–Kier alpha value is -1.46. The molecule has 0 radical (unpaired) electrons. The van der Waals surface area contributed by atoms with Crippen LogP contribution in [-0.4, -0.2) is 46.6 Å². The lowest BCUT2D eigenvalue weighted by Gasteiger charge is -2.29. The van der Waals surface area contributed by atoms with Crippen molar-refractivity contribution < 1.29 is 9.90 Å². The van der Waals surface area contributed by atoms with Crippen LogP contribution in [0.2, 0.25) is 0 Å². The van der Waals surface area contributed by atoms with Crippen LogP contribution in [0.5, 0.6) is 0 Å². The fourth-order valence-corrected chi connectivity index (χ4v) is 2.57. The number of pyridine rings is 1. The summed E-state index contributed by atoms with van der Waals surface area (Å²) in [5.41, 5.74) is 0.878. The van der Waals surface area contributed by atoms with Crippen molar-refractivity contribution in [3.63, 3.8) is 0 Å². The average Bonchev–Trinajstić information content (AvgIpc) is 2.46. The van der Waals surface area contributed by atoms with E-state index in [4.69, 9.17) is 5.11 Å². The van der Waals surface area contributed by atoms with Crippen molar-refractivity contribution in [1.82, 2.24) is 15.2 Å². The molecule has 5 nitrogen and oxygen atoms in total. The Morgan fingerprint density at radius 1 is 1.40 bits per heavy atom. The van der Waals surface area contributed by atoms with Crippen LogP contribution in [0.4, 0.5) is 0 Å². The summed E-state index contributed by atoms with van der Waals surface area (Å²) >= 11 is 0. The van der Waals surface area contributed by atoms with Crippen molar-refractivity contribution >= 4 is 5.97 Å². The van der Waals surface area contributed by atoms with Gasteiger partial charge in [0.2, 0.25) is 0 Å². The number of carbonyl (C=O) groups is 1. The molecule has 1 aliphatic rings. The van der Waals surface area contributed by atoms with Crippen molar-refractivity contribution in [1.29, 1.82) is 0 Å². The SMILES string of the molecule is CC(CN1CCCCC1)NCc1cccc(C(=O)O)n1. The van der Waals surface area contributed by atoms with Gasteiger partial charge in [-0.25, -0.2) is 9.78 Å². The number of carboxylic acids is 1. The maximum atomic E-state index is 10.9. The second-order valence-corrected chi connectivity index (χ2v) is 5.46. The Labute approximate surface area is 120 Å².